The minimum absolute atomic E-state index is 0.103. The minimum Gasteiger partial charge on any atom is -0.494 e. The first-order valence-corrected chi connectivity index (χ1v) is 15.0. The molecule has 2 aromatic rings. The highest BCUT2D eigenvalue weighted by molar-refractivity contribution is 8.02. The summed E-state index contributed by atoms with van der Waals surface area (Å²) in [7, 11) is 0. The van der Waals surface area contributed by atoms with Gasteiger partial charge in [0.25, 0.3) is 0 Å². The van der Waals surface area contributed by atoms with E-state index in [1.807, 2.05) is 27.7 Å². The zero-order chi connectivity index (χ0) is 28.8. The van der Waals surface area contributed by atoms with Crippen LogP contribution in [0.3, 0.4) is 0 Å². The van der Waals surface area contributed by atoms with E-state index in [0.717, 1.165) is 0 Å². The maximum absolute atomic E-state index is 14.3. The zero-order valence-corrected chi connectivity index (χ0v) is 24.7. The summed E-state index contributed by atoms with van der Waals surface area (Å²) in [5.41, 5.74) is 1.07. The van der Waals surface area contributed by atoms with Crippen LogP contribution in [0.2, 0.25) is 5.02 Å². The molecule has 3 amide bonds. The molecule has 0 saturated carbocycles. The first-order chi connectivity index (χ1) is 19.1. The number of benzene rings is 2. The number of fused-ring (bicyclic) bond motifs is 1. The fourth-order valence-electron chi connectivity index (χ4n) is 6.83. The number of thioether (sulfide) groups is 1. The monoisotopic (exact) mass is 585 g/mol. The maximum atomic E-state index is 14.3. The van der Waals surface area contributed by atoms with Gasteiger partial charge in [-0.2, -0.15) is 0 Å². The fraction of sp³-hybridized carbons (Fsp3) is 0.500. The van der Waals surface area contributed by atoms with Gasteiger partial charge in [-0.3, -0.25) is 14.4 Å². The summed E-state index contributed by atoms with van der Waals surface area (Å²) in [6.07, 6.45) is 1.31. The summed E-state index contributed by atoms with van der Waals surface area (Å²) in [5, 5.41) is 16.7. The van der Waals surface area contributed by atoms with Crippen LogP contribution in [-0.2, 0) is 14.4 Å². The van der Waals surface area contributed by atoms with Gasteiger partial charge in [-0.15, -0.1) is 11.8 Å². The summed E-state index contributed by atoms with van der Waals surface area (Å²) in [6.45, 7) is 8.04. The quantitative estimate of drug-likeness (QED) is 0.390. The van der Waals surface area contributed by atoms with Crippen LogP contribution in [0.25, 0.3) is 0 Å². The number of nitrogens with zero attached hydrogens (tertiary/aromatic N) is 1. The number of amides is 3. The van der Waals surface area contributed by atoms with Crippen LogP contribution in [0.5, 0.6) is 5.75 Å². The molecule has 3 heterocycles. The number of aliphatic hydroxyl groups excluding tert-OH is 1. The Labute approximate surface area is 244 Å². The van der Waals surface area contributed by atoms with Gasteiger partial charge in [0.2, 0.25) is 17.7 Å². The van der Waals surface area contributed by atoms with Gasteiger partial charge in [0, 0.05) is 10.4 Å². The second-order valence-electron chi connectivity index (χ2n) is 11.4. The second kappa shape index (κ2) is 10.9. The van der Waals surface area contributed by atoms with Crippen LogP contribution in [0.15, 0.2) is 48.5 Å². The molecular weight excluding hydrogens is 550 g/mol. The summed E-state index contributed by atoms with van der Waals surface area (Å²) in [6, 6.07) is 12.7. The van der Waals surface area contributed by atoms with E-state index in [4.69, 9.17) is 16.3 Å². The fourth-order valence-corrected chi connectivity index (χ4v) is 9.35. The van der Waals surface area contributed by atoms with Crippen LogP contribution in [0, 0.1) is 17.8 Å². The van der Waals surface area contributed by atoms with E-state index in [1.165, 1.54) is 0 Å². The highest BCUT2D eigenvalue weighted by Gasteiger charge is 2.77. The standard InChI is InChI=1S/C30H36ClN3O5S/c1-5-39-19-12-10-18(11-13-19)32-26(36)23-24-28(38)34(22(16-35)17(2)3)25(30(24)15-14-29(23,4)40-30)27(37)33-21-9-7-6-8-20(21)31/h6-13,17,22-25,35H,5,14-16H2,1-4H3,(H,32,36)(H,33,37)/t22-,23-,24-,25?,29+,30?/m0/s1. The number of ether oxygens (including phenoxy) is 1. The second-order valence-corrected chi connectivity index (χ2v) is 13.7. The lowest BCUT2D eigenvalue weighted by molar-refractivity contribution is -0.142. The van der Waals surface area contributed by atoms with E-state index in [-0.39, 0.29) is 30.2 Å². The van der Waals surface area contributed by atoms with Crippen LogP contribution in [0.4, 0.5) is 11.4 Å². The third-order valence-corrected chi connectivity index (χ3v) is 10.9. The summed E-state index contributed by atoms with van der Waals surface area (Å²) in [5.74, 6) is -1.59. The van der Waals surface area contributed by atoms with Gasteiger partial charge in [-0.25, -0.2) is 0 Å². The number of nitrogens with one attached hydrogen (secondary N) is 2. The van der Waals surface area contributed by atoms with Gasteiger partial charge in [0.15, 0.2) is 0 Å². The van der Waals surface area contributed by atoms with Gasteiger partial charge in [0.05, 0.1) is 46.5 Å². The SMILES string of the molecule is CCOc1ccc(NC(=O)[C@@H]2[C@H]3C(=O)N([C@@H](CO)C(C)C)C(C(=O)Nc4ccccc4Cl)C34CC[C@@]2(C)S4)cc1. The Hall–Kier alpha value is -2.75. The summed E-state index contributed by atoms with van der Waals surface area (Å²) < 4.78 is 4.19. The molecule has 0 radical (unpaired) electrons. The van der Waals surface area contributed by atoms with E-state index in [2.05, 4.69) is 10.6 Å². The number of rotatable bonds is 9. The van der Waals surface area contributed by atoms with Crippen molar-refractivity contribution >= 4 is 52.5 Å². The van der Waals surface area contributed by atoms with Gasteiger partial charge in [-0.05, 0) is 69.0 Å². The molecule has 2 aromatic carbocycles. The maximum Gasteiger partial charge on any atom is 0.248 e. The molecule has 3 aliphatic rings. The number of carbonyl (C=O) groups excluding carboxylic acids is 3. The van der Waals surface area contributed by atoms with Crippen molar-refractivity contribution in [3.8, 4) is 5.75 Å². The number of anilines is 2. The number of carbonyl (C=O) groups is 3. The van der Waals surface area contributed by atoms with Crippen LogP contribution in [0.1, 0.15) is 40.5 Å². The molecule has 8 nitrogen and oxygen atoms in total. The molecule has 10 heteroatoms. The van der Waals surface area contributed by atoms with E-state index in [0.29, 0.717) is 41.6 Å². The molecule has 2 unspecified atom stereocenters. The van der Waals surface area contributed by atoms with Crippen molar-refractivity contribution in [2.24, 2.45) is 17.8 Å². The van der Waals surface area contributed by atoms with Crippen molar-refractivity contribution in [2.45, 2.75) is 62.1 Å². The van der Waals surface area contributed by atoms with E-state index in [1.54, 1.807) is 65.2 Å². The Morgan fingerprint density at radius 1 is 1.12 bits per heavy atom. The molecule has 40 heavy (non-hydrogen) atoms. The van der Waals surface area contributed by atoms with Gasteiger partial charge in [-0.1, -0.05) is 37.6 Å². The molecule has 3 fully saturated rings. The number of aliphatic hydroxyl groups is 1. The zero-order valence-electron chi connectivity index (χ0n) is 23.1. The molecule has 1 spiro atoms. The van der Waals surface area contributed by atoms with Crippen LogP contribution >= 0.6 is 23.4 Å². The average molecular weight is 586 g/mol. The lowest BCUT2D eigenvalue weighted by atomic mass is 9.66. The lowest BCUT2D eigenvalue weighted by Gasteiger charge is -2.38. The first-order valence-electron chi connectivity index (χ1n) is 13.8. The first kappa shape index (κ1) is 28.8. The molecule has 3 aliphatic heterocycles. The van der Waals surface area contributed by atoms with E-state index >= 15 is 0 Å². The molecule has 3 N–H and O–H groups in total. The minimum atomic E-state index is -0.865. The number of hydrogen-bond donors (Lipinski definition) is 3. The van der Waals surface area contributed by atoms with Gasteiger partial charge < -0.3 is 25.4 Å². The van der Waals surface area contributed by atoms with E-state index in [9.17, 15) is 19.5 Å². The molecule has 6 atom stereocenters. The predicted molar refractivity (Wildman–Crippen MR) is 158 cm³/mol. The summed E-state index contributed by atoms with van der Waals surface area (Å²) >= 11 is 7.95. The summed E-state index contributed by atoms with van der Waals surface area (Å²) in [4.78, 5) is 43.9. The molecule has 3 saturated heterocycles. The number of likely N-dealkylation sites (tertiary alicyclic amines) is 1. The number of para-hydroxylation sites is 1. The third kappa shape index (κ3) is 4.65. The molecule has 0 aromatic heterocycles. The van der Waals surface area contributed by atoms with Crippen molar-refractivity contribution in [2.75, 3.05) is 23.8 Å². The van der Waals surface area contributed by atoms with Crippen molar-refractivity contribution in [1.29, 1.82) is 0 Å². The van der Waals surface area contributed by atoms with Crippen molar-refractivity contribution in [1.82, 2.24) is 4.90 Å². The molecule has 2 bridgehead atoms. The van der Waals surface area contributed by atoms with Crippen molar-refractivity contribution in [3.63, 3.8) is 0 Å². The molecular formula is C30H36ClN3O5S. The predicted octanol–water partition coefficient (Wildman–Crippen LogP) is 4.81. The van der Waals surface area contributed by atoms with Crippen molar-refractivity contribution < 1.29 is 24.2 Å². The largest absolute Gasteiger partial charge is 0.494 e. The van der Waals surface area contributed by atoms with Crippen LogP contribution in [-0.4, -0.2) is 62.5 Å². The molecule has 0 aliphatic carbocycles. The topological polar surface area (TPSA) is 108 Å². The number of halogens is 1. The van der Waals surface area contributed by atoms with Crippen molar-refractivity contribution in [3.05, 3.63) is 53.6 Å². The Morgan fingerprint density at radius 2 is 1.82 bits per heavy atom. The van der Waals surface area contributed by atoms with Crippen LogP contribution < -0.4 is 15.4 Å². The van der Waals surface area contributed by atoms with Gasteiger partial charge >= 0.3 is 0 Å². The van der Waals surface area contributed by atoms with Gasteiger partial charge in [0.1, 0.15) is 11.8 Å². The third-order valence-electron chi connectivity index (χ3n) is 8.62. The highest BCUT2D eigenvalue weighted by atomic mass is 35.5. The molecule has 5 rings (SSSR count). The normalized spacial score (nSPS) is 29.4. The van der Waals surface area contributed by atoms with E-state index < -0.39 is 33.4 Å². The average Bonchev–Trinajstić information content (AvgIpc) is 3.48. The number of hydrogen-bond acceptors (Lipinski definition) is 6. The highest BCUT2D eigenvalue weighted by Crippen LogP contribution is 2.71. The Bertz CT molecular complexity index is 1310. The smallest absolute Gasteiger partial charge is 0.248 e. The lowest BCUT2D eigenvalue weighted by Crippen LogP contribution is -2.56. The Balaban J connectivity index is 1.51. The Morgan fingerprint density at radius 3 is 2.45 bits per heavy atom. The Kier molecular flexibility index (Phi) is 7.85. The molecule has 214 valence electrons.